The van der Waals surface area contributed by atoms with E-state index in [-0.39, 0.29) is 30.3 Å². The number of rotatable bonds is 4. The lowest BCUT2D eigenvalue weighted by Gasteiger charge is -2.36. The van der Waals surface area contributed by atoms with Crippen molar-refractivity contribution in [2.24, 2.45) is 0 Å². The van der Waals surface area contributed by atoms with Crippen molar-refractivity contribution in [2.45, 2.75) is 26.0 Å². The van der Waals surface area contributed by atoms with Crippen LogP contribution in [-0.2, 0) is 9.59 Å². The van der Waals surface area contributed by atoms with Gasteiger partial charge in [0.2, 0.25) is 5.91 Å². The van der Waals surface area contributed by atoms with Crippen LogP contribution in [0.3, 0.4) is 0 Å². The van der Waals surface area contributed by atoms with Gasteiger partial charge in [-0.1, -0.05) is 18.2 Å². The summed E-state index contributed by atoms with van der Waals surface area (Å²) in [7, 11) is 0. The number of nitrogens with zero attached hydrogens (tertiary/aromatic N) is 2. The number of amides is 2. The Hall–Kier alpha value is -1.44. The van der Waals surface area contributed by atoms with Gasteiger partial charge in [0.05, 0.1) is 6.04 Å². The lowest BCUT2D eigenvalue weighted by atomic mass is 10.2. The monoisotopic (exact) mass is 399 g/mol. The van der Waals surface area contributed by atoms with E-state index in [0.717, 1.165) is 22.9 Å². The second kappa shape index (κ2) is 9.48. The predicted molar refractivity (Wildman–Crippen MR) is 106 cm³/mol. The molecule has 2 amide bonds. The number of para-hydroxylation sites is 1. The molecule has 1 aromatic carbocycles. The quantitative estimate of drug-likeness (QED) is 0.831. The van der Waals surface area contributed by atoms with E-state index < -0.39 is 6.10 Å². The third-order valence-electron chi connectivity index (χ3n) is 4.66. The number of piperazine rings is 1. The van der Waals surface area contributed by atoms with Crippen LogP contribution in [0.25, 0.3) is 0 Å². The Bertz CT molecular complexity index is 632. The van der Waals surface area contributed by atoms with Gasteiger partial charge in [-0.2, -0.15) is 0 Å². The molecular formula is C18H26ClN3O3S. The molecule has 8 heteroatoms. The molecule has 1 N–H and O–H groups in total. The van der Waals surface area contributed by atoms with Gasteiger partial charge < -0.3 is 14.5 Å². The van der Waals surface area contributed by atoms with Crippen molar-refractivity contribution in [2.75, 3.05) is 37.8 Å². The second-order valence-corrected chi connectivity index (χ2v) is 7.48. The maximum atomic E-state index is 12.6. The lowest BCUT2D eigenvalue weighted by molar-refractivity contribution is -0.144. The van der Waals surface area contributed by atoms with Crippen LogP contribution in [-0.4, -0.2) is 71.6 Å². The topological polar surface area (TPSA) is 61.9 Å². The molecule has 2 heterocycles. The molecule has 0 saturated carbocycles. The summed E-state index contributed by atoms with van der Waals surface area (Å²) >= 11 is 1.75. The highest BCUT2D eigenvalue weighted by Gasteiger charge is 2.32. The smallest absolute Gasteiger partial charge is 0.263 e. The van der Waals surface area contributed by atoms with Crippen molar-refractivity contribution in [3.63, 3.8) is 0 Å². The van der Waals surface area contributed by atoms with Crippen molar-refractivity contribution in [1.82, 2.24) is 15.1 Å². The normalized spacial score (nSPS) is 21.1. The first-order chi connectivity index (χ1) is 12.1. The predicted octanol–water partition coefficient (Wildman–Crippen LogP) is 1.52. The molecule has 0 radical (unpaired) electrons. The van der Waals surface area contributed by atoms with Gasteiger partial charge in [-0.3, -0.25) is 14.9 Å². The number of ether oxygens (including phenoxy) is 1. The summed E-state index contributed by atoms with van der Waals surface area (Å²) in [4.78, 5) is 28.7. The maximum Gasteiger partial charge on any atom is 0.263 e. The minimum atomic E-state index is -0.531. The van der Waals surface area contributed by atoms with E-state index in [0.29, 0.717) is 26.2 Å². The molecule has 2 fully saturated rings. The zero-order valence-corrected chi connectivity index (χ0v) is 16.8. The first-order valence-corrected chi connectivity index (χ1v) is 9.82. The summed E-state index contributed by atoms with van der Waals surface area (Å²) in [6.07, 6.45) is -0.531. The molecule has 2 saturated heterocycles. The van der Waals surface area contributed by atoms with E-state index in [2.05, 4.69) is 5.32 Å². The lowest BCUT2D eigenvalue weighted by Crippen LogP contribution is -2.56. The molecule has 1 aromatic rings. The van der Waals surface area contributed by atoms with E-state index in [4.69, 9.17) is 4.74 Å². The number of hydrogen-bond acceptors (Lipinski definition) is 5. The van der Waals surface area contributed by atoms with Gasteiger partial charge in [0.1, 0.15) is 5.75 Å². The minimum absolute atomic E-state index is 0. The Labute approximate surface area is 165 Å². The fourth-order valence-electron chi connectivity index (χ4n) is 3.11. The van der Waals surface area contributed by atoms with E-state index in [1.165, 1.54) is 0 Å². The molecule has 0 spiro atoms. The zero-order valence-electron chi connectivity index (χ0n) is 15.1. The standard InChI is InChI=1S/C18H25N3O3S.ClH/c1-13-5-3-4-6-16(13)24-14(2)17(22)20-7-9-21(10-8-20)18(23)15-11-25-12-19-15;/h3-6,14-15,19H,7-12H2,1-2H3;1H. The van der Waals surface area contributed by atoms with Gasteiger partial charge in [-0.15, -0.1) is 24.2 Å². The second-order valence-electron chi connectivity index (χ2n) is 6.45. The first kappa shape index (κ1) is 20.9. The molecule has 3 rings (SSSR count). The van der Waals surface area contributed by atoms with Gasteiger partial charge in [0.25, 0.3) is 5.91 Å². The molecule has 2 atom stereocenters. The molecule has 6 nitrogen and oxygen atoms in total. The highest BCUT2D eigenvalue weighted by molar-refractivity contribution is 7.99. The van der Waals surface area contributed by atoms with Gasteiger partial charge >= 0.3 is 0 Å². The summed E-state index contributed by atoms with van der Waals surface area (Å²) in [5.41, 5.74) is 1.01. The Morgan fingerprint density at radius 1 is 1.19 bits per heavy atom. The van der Waals surface area contributed by atoms with E-state index >= 15 is 0 Å². The number of hydrogen-bond donors (Lipinski definition) is 1. The SMILES string of the molecule is Cc1ccccc1OC(C)C(=O)N1CCN(C(=O)C2CSCN2)CC1.Cl. The van der Waals surface area contributed by atoms with Crippen LogP contribution in [0.5, 0.6) is 5.75 Å². The molecule has 0 aliphatic carbocycles. The Balaban J connectivity index is 0.00000243. The summed E-state index contributed by atoms with van der Waals surface area (Å²) in [6.45, 7) is 6.05. The van der Waals surface area contributed by atoms with Crippen LogP contribution in [0.15, 0.2) is 24.3 Å². The Kier molecular flexibility index (Phi) is 7.61. The van der Waals surface area contributed by atoms with Crippen LogP contribution in [0, 0.1) is 6.92 Å². The van der Waals surface area contributed by atoms with Gasteiger partial charge in [-0.25, -0.2) is 0 Å². The van der Waals surface area contributed by atoms with Crippen LogP contribution in [0.4, 0.5) is 0 Å². The third kappa shape index (κ3) is 4.84. The van der Waals surface area contributed by atoms with Crippen LogP contribution in [0.1, 0.15) is 12.5 Å². The molecule has 2 unspecified atom stereocenters. The molecule has 144 valence electrons. The van der Waals surface area contributed by atoms with Gasteiger partial charge in [0, 0.05) is 37.8 Å². The molecule has 2 aliphatic heterocycles. The van der Waals surface area contributed by atoms with Crippen molar-refractivity contribution < 1.29 is 14.3 Å². The minimum Gasteiger partial charge on any atom is -0.481 e. The number of thioether (sulfide) groups is 1. The Morgan fingerprint density at radius 3 is 2.46 bits per heavy atom. The van der Waals surface area contributed by atoms with Crippen molar-refractivity contribution in [3.05, 3.63) is 29.8 Å². The van der Waals surface area contributed by atoms with Gasteiger partial charge in [-0.05, 0) is 25.5 Å². The summed E-state index contributed by atoms with van der Waals surface area (Å²) < 4.78 is 5.83. The molecule has 0 bridgehead atoms. The van der Waals surface area contributed by atoms with E-state index in [1.807, 2.05) is 36.1 Å². The average Bonchev–Trinajstić information content (AvgIpc) is 3.17. The van der Waals surface area contributed by atoms with Crippen molar-refractivity contribution in [3.8, 4) is 5.75 Å². The number of halogens is 1. The summed E-state index contributed by atoms with van der Waals surface area (Å²) in [5, 5.41) is 3.21. The highest BCUT2D eigenvalue weighted by atomic mass is 35.5. The first-order valence-electron chi connectivity index (χ1n) is 8.67. The molecule has 2 aliphatic rings. The van der Waals surface area contributed by atoms with E-state index in [9.17, 15) is 9.59 Å². The fraction of sp³-hybridized carbons (Fsp3) is 0.556. The molecule has 26 heavy (non-hydrogen) atoms. The highest BCUT2D eigenvalue weighted by Crippen LogP contribution is 2.19. The van der Waals surface area contributed by atoms with Crippen molar-refractivity contribution >= 4 is 36.0 Å². The van der Waals surface area contributed by atoms with E-state index in [1.54, 1.807) is 23.6 Å². The number of carbonyl (C=O) groups excluding carboxylic acids is 2. The van der Waals surface area contributed by atoms with Crippen LogP contribution in [0.2, 0.25) is 0 Å². The fourth-order valence-corrected chi connectivity index (χ4v) is 4.04. The Morgan fingerprint density at radius 2 is 1.85 bits per heavy atom. The summed E-state index contributed by atoms with van der Waals surface area (Å²) in [6, 6.07) is 7.62. The third-order valence-corrected chi connectivity index (χ3v) is 5.60. The van der Waals surface area contributed by atoms with Crippen LogP contribution < -0.4 is 10.1 Å². The maximum absolute atomic E-state index is 12.6. The number of aryl methyl sites for hydroxylation is 1. The average molecular weight is 400 g/mol. The largest absolute Gasteiger partial charge is 0.481 e. The number of carbonyl (C=O) groups is 2. The summed E-state index contributed by atoms with van der Waals surface area (Å²) in [5.74, 6) is 2.54. The van der Waals surface area contributed by atoms with Crippen LogP contribution >= 0.6 is 24.2 Å². The molecule has 0 aromatic heterocycles. The number of nitrogens with one attached hydrogen (secondary N) is 1. The van der Waals surface area contributed by atoms with Crippen molar-refractivity contribution in [1.29, 1.82) is 0 Å². The molecular weight excluding hydrogens is 374 g/mol. The van der Waals surface area contributed by atoms with Gasteiger partial charge in [0.15, 0.2) is 6.10 Å². The number of benzene rings is 1. The zero-order chi connectivity index (χ0) is 17.8.